The Bertz CT molecular complexity index is 949. The fourth-order valence-corrected chi connectivity index (χ4v) is 3.19. The molecule has 0 aliphatic carbocycles. The molecule has 1 aromatic heterocycles. The van der Waals surface area contributed by atoms with E-state index in [1.165, 1.54) is 7.11 Å². The van der Waals surface area contributed by atoms with Crippen LogP contribution in [-0.2, 0) is 11.2 Å². The fourth-order valence-electron chi connectivity index (χ4n) is 3.19. The van der Waals surface area contributed by atoms with E-state index in [9.17, 15) is 9.90 Å². The summed E-state index contributed by atoms with van der Waals surface area (Å²) in [5.74, 6) is 1.44. The van der Waals surface area contributed by atoms with Crippen molar-refractivity contribution < 1.29 is 24.1 Å². The van der Waals surface area contributed by atoms with Crippen LogP contribution in [0.2, 0.25) is 0 Å². The SMILES string of the molecule is COC(=O)NCCc1c(C(O)c2ccc(OC)cc2)[nH]c2ccc(OC)cc12. The third kappa shape index (κ3) is 4.04. The largest absolute Gasteiger partial charge is 0.497 e. The second-order valence-corrected chi connectivity index (χ2v) is 6.27. The second kappa shape index (κ2) is 8.67. The van der Waals surface area contributed by atoms with Crippen molar-refractivity contribution in [1.29, 1.82) is 0 Å². The highest BCUT2D eigenvalue weighted by Crippen LogP contribution is 2.33. The van der Waals surface area contributed by atoms with E-state index in [4.69, 9.17) is 9.47 Å². The van der Waals surface area contributed by atoms with Crippen LogP contribution < -0.4 is 14.8 Å². The van der Waals surface area contributed by atoms with Crippen LogP contribution in [0.4, 0.5) is 4.79 Å². The Balaban J connectivity index is 1.98. The van der Waals surface area contributed by atoms with E-state index in [1.54, 1.807) is 14.2 Å². The van der Waals surface area contributed by atoms with Crippen molar-refractivity contribution in [2.75, 3.05) is 27.9 Å². The summed E-state index contributed by atoms with van der Waals surface area (Å²) < 4.78 is 15.1. The third-order valence-electron chi connectivity index (χ3n) is 4.68. The first-order valence-electron chi connectivity index (χ1n) is 8.89. The van der Waals surface area contributed by atoms with Crippen molar-refractivity contribution >= 4 is 17.0 Å². The topological polar surface area (TPSA) is 92.8 Å². The molecule has 0 fully saturated rings. The lowest BCUT2D eigenvalue weighted by Gasteiger charge is -2.13. The lowest BCUT2D eigenvalue weighted by molar-refractivity contribution is 0.171. The average molecular weight is 384 g/mol. The van der Waals surface area contributed by atoms with Crippen molar-refractivity contribution in [2.45, 2.75) is 12.5 Å². The molecule has 3 N–H and O–H groups in total. The minimum Gasteiger partial charge on any atom is -0.497 e. The summed E-state index contributed by atoms with van der Waals surface area (Å²) in [4.78, 5) is 14.7. The van der Waals surface area contributed by atoms with Gasteiger partial charge < -0.3 is 29.6 Å². The Morgan fingerprint density at radius 2 is 1.75 bits per heavy atom. The predicted octanol–water partition coefficient (Wildman–Crippen LogP) is 3.17. The van der Waals surface area contributed by atoms with Gasteiger partial charge in [-0.2, -0.15) is 0 Å². The van der Waals surface area contributed by atoms with Gasteiger partial charge in [0.2, 0.25) is 0 Å². The summed E-state index contributed by atoms with van der Waals surface area (Å²) >= 11 is 0. The molecule has 28 heavy (non-hydrogen) atoms. The number of methoxy groups -OCH3 is 3. The van der Waals surface area contributed by atoms with Gasteiger partial charge in [0.05, 0.1) is 27.0 Å². The van der Waals surface area contributed by atoms with E-state index in [2.05, 4.69) is 15.0 Å². The molecule has 0 bridgehead atoms. The summed E-state index contributed by atoms with van der Waals surface area (Å²) in [5.41, 5.74) is 3.21. The zero-order valence-electron chi connectivity index (χ0n) is 16.1. The monoisotopic (exact) mass is 384 g/mol. The molecule has 1 heterocycles. The van der Waals surface area contributed by atoms with Gasteiger partial charge in [-0.05, 0) is 47.9 Å². The zero-order valence-corrected chi connectivity index (χ0v) is 16.1. The molecular weight excluding hydrogens is 360 g/mol. The van der Waals surface area contributed by atoms with Crippen LogP contribution in [0.5, 0.6) is 11.5 Å². The van der Waals surface area contributed by atoms with Crippen LogP contribution in [0.1, 0.15) is 22.9 Å². The van der Waals surface area contributed by atoms with Gasteiger partial charge in [-0.3, -0.25) is 0 Å². The zero-order chi connectivity index (χ0) is 20.1. The Labute approximate surface area is 163 Å². The van der Waals surface area contributed by atoms with Crippen LogP contribution in [0, 0.1) is 0 Å². The van der Waals surface area contributed by atoms with E-state index in [1.807, 2.05) is 42.5 Å². The number of aromatic amines is 1. The van der Waals surface area contributed by atoms with Gasteiger partial charge in [-0.1, -0.05) is 12.1 Å². The lowest BCUT2D eigenvalue weighted by atomic mass is 10.00. The highest BCUT2D eigenvalue weighted by molar-refractivity contribution is 5.86. The van der Waals surface area contributed by atoms with Crippen LogP contribution >= 0.6 is 0 Å². The maximum atomic E-state index is 11.4. The molecule has 1 unspecified atom stereocenters. The summed E-state index contributed by atoms with van der Waals surface area (Å²) in [6, 6.07) is 13.0. The van der Waals surface area contributed by atoms with Gasteiger partial charge in [0.25, 0.3) is 0 Å². The highest BCUT2D eigenvalue weighted by atomic mass is 16.5. The molecule has 0 radical (unpaired) electrons. The minimum atomic E-state index is -0.850. The number of hydrogen-bond acceptors (Lipinski definition) is 5. The molecule has 0 saturated carbocycles. The number of H-pyrrole nitrogens is 1. The number of amides is 1. The van der Waals surface area contributed by atoms with Crippen LogP contribution in [0.3, 0.4) is 0 Å². The smallest absolute Gasteiger partial charge is 0.406 e. The van der Waals surface area contributed by atoms with Crippen LogP contribution in [0.15, 0.2) is 42.5 Å². The first-order chi connectivity index (χ1) is 13.6. The number of hydrogen-bond donors (Lipinski definition) is 3. The minimum absolute atomic E-state index is 0.374. The van der Waals surface area contributed by atoms with Crippen molar-refractivity contribution in [3.63, 3.8) is 0 Å². The molecule has 0 spiro atoms. The van der Waals surface area contributed by atoms with Crippen molar-refractivity contribution in [3.05, 3.63) is 59.3 Å². The molecule has 3 rings (SSSR count). The maximum absolute atomic E-state index is 11.4. The van der Waals surface area contributed by atoms with E-state index >= 15 is 0 Å². The molecule has 0 saturated heterocycles. The average Bonchev–Trinajstić information content (AvgIpc) is 3.10. The van der Waals surface area contributed by atoms with Crippen LogP contribution in [-0.4, -0.2) is 44.1 Å². The third-order valence-corrected chi connectivity index (χ3v) is 4.68. The van der Waals surface area contributed by atoms with Gasteiger partial charge >= 0.3 is 6.09 Å². The van der Waals surface area contributed by atoms with E-state index in [-0.39, 0.29) is 0 Å². The molecule has 1 atom stereocenters. The Morgan fingerprint density at radius 3 is 2.39 bits per heavy atom. The quantitative estimate of drug-likeness (QED) is 0.582. The Kier molecular flexibility index (Phi) is 6.06. The molecular formula is C21H24N2O5. The number of rotatable bonds is 7. The molecule has 7 nitrogen and oxygen atoms in total. The molecule has 2 aromatic carbocycles. The molecule has 0 aliphatic heterocycles. The van der Waals surface area contributed by atoms with E-state index in [0.29, 0.717) is 18.7 Å². The maximum Gasteiger partial charge on any atom is 0.406 e. The predicted molar refractivity (Wildman–Crippen MR) is 106 cm³/mol. The molecule has 148 valence electrons. The summed E-state index contributed by atoms with van der Waals surface area (Å²) in [6.45, 7) is 0.374. The van der Waals surface area contributed by atoms with Gasteiger partial charge in [0.15, 0.2) is 0 Å². The van der Waals surface area contributed by atoms with Crippen molar-refractivity contribution in [2.24, 2.45) is 0 Å². The number of aromatic nitrogens is 1. The summed E-state index contributed by atoms with van der Waals surface area (Å²) in [6.07, 6.45) is -0.822. The Morgan fingerprint density at radius 1 is 1.07 bits per heavy atom. The number of aliphatic hydroxyl groups excluding tert-OH is 1. The van der Waals surface area contributed by atoms with Gasteiger partial charge in [0, 0.05) is 17.4 Å². The number of alkyl carbamates (subject to hydrolysis) is 1. The number of carbonyl (C=O) groups excluding carboxylic acids is 1. The molecule has 3 aromatic rings. The number of benzene rings is 2. The number of fused-ring (bicyclic) bond motifs is 1. The van der Waals surface area contributed by atoms with E-state index in [0.717, 1.165) is 33.5 Å². The van der Waals surface area contributed by atoms with Gasteiger partial charge in [0.1, 0.15) is 17.6 Å². The molecule has 0 aliphatic rings. The number of ether oxygens (including phenoxy) is 3. The van der Waals surface area contributed by atoms with Crippen LogP contribution in [0.25, 0.3) is 10.9 Å². The van der Waals surface area contributed by atoms with Crippen molar-refractivity contribution in [3.8, 4) is 11.5 Å². The lowest BCUT2D eigenvalue weighted by Crippen LogP contribution is -2.25. The first-order valence-corrected chi connectivity index (χ1v) is 8.89. The summed E-state index contributed by atoms with van der Waals surface area (Å²) in [5, 5.41) is 14.6. The van der Waals surface area contributed by atoms with Gasteiger partial charge in [-0.15, -0.1) is 0 Å². The molecule has 7 heteroatoms. The normalized spacial score (nSPS) is 11.9. The second-order valence-electron chi connectivity index (χ2n) is 6.27. The van der Waals surface area contributed by atoms with E-state index < -0.39 is 12.2 Å². The van der Waals surface area contributed by atoms with Gasteiger partial charge in [-0.25, -0.2) is 4.79 Å². The number of nitrogens with one attached hydrogen (secondary N) is 2. The number of carbonyl (C=O) groups is 1. The first kappa shape index (κ1) is 19.6. The Hall–Kier alpha value is -3.19. The fraction of sp³-hybridized carbons (Fsp3) is 0.286. The number of aliphatic hydroxyl groups is 1. The highest BCUT2D eigenvalue weighted by Gasteiger charge is 2.20. The van der Waals surface area contributed by atoms with Crippen molar-refractivity contribution in [1.82, 2.24) is 10.3 Å². The molecule has 1 amide bonds. The summed E-state index contributed by atoms with van der Waals surface area (Å²) in [7, 11) is 4.53. The standard InChI is InChI=1S/C21H24N2O5/c1-26-14-6-4-13(5-7-14)20(24)19-16(10-11-22-21(25)28-3)17-12-15(27-2)8-9-18(17)23-19/h4-9,12,20,23-24H,10-11H2,1-3H3,(H,22,25).